The molecule has 0 saturated heterocycles. The minimum absolute atomic E-state index is 0.0291. The fourth-order valence-corrected chi connectivity index (χ4v) is 3.66. The van der Waals surface area contributed by atoms with Crippen molar-refractivity contribution in [1.29, 1.82) is 0 Å². The lowest BCUT2D eigenvalue weighted by atomic mass is 9.95. The van der Waals surface area contributed by atoms with Gasteiger partial charge in [0.05, 0.1) is 0 Å². The number of hydrogen-bond acceptors (Lipinski definition) is 2. The Bertz CT molecular complexity index is 559. The van der Waals surface area contributed by atoms with E-state index < -0.39 is 0 Å². The van der Waals surface area contributed by atoms with Gasteiger partial charge in [-0.3, -0.25) is 9.59 Å². The second-order valence-electron chi connectivity index (χ2n) is 6.66. The van der Waals surface area contributed by atoms with E-state index in [1.54, 1.807) is 0 Å². The zero-order chi connectivity index (χ0) is 15.4. The minimum atomic E-state index is 0.0291. The Kier molecular flexibility index (Phi) is 4.91. The van der Waals surface area contributed by atoms with Crippen molar-refractivity contribution in [3.8, 4) is 0 Å². The van der Waals surface area contributed by atoms with E-state index in [4.69, 9.17) is 0 Å². The molecule has 0 radical (unpaired) electrons. The number of benzene rings is 1. The topological polar surface area (TPSA) is 46.2 Å². The molecule has 3 nitrogen and oxygen atoms in total. The smallest absolute Gasteiger partial charge is 0.220 e. The molecule has 0 unspecified atom stereocenters. The molecule has 118 valence electrons. The molecule has 0 heterocycles. The van der Waals surface area contributed by atoms with Gasteiger partial charge in [-0.25, -0.2) is 0 Å². The van der Waals surface area contributed by atoms with E-state index in [1.165, 1.54) is 36.8 Å². The van der Waals surface area contributed by atoms with Crippen molar-refractivity contribution in [3.05, 3.63) is 34.9 Å². The van der Waals surface area contributed by atoms with Crippen molar-refractivity contribution in [2.75, 3.05) is 0 Å². The molecule has 1 aromatic carbocycles. The maximum atomic E-state index is 12.3. The van der Waals surface area contributed by atoms with E-state index in [9.17, 15) is 9.59 Å². The van der Waals surface area contributed by atoms with Gasteiger partial charge in [-0.1, -0.05) is 31.4 Å². The number of Topliss-reactive ketones (excluding diaryl/α,β-unsaturated/α-hetero) is 1. The highest BCUT2D eigenvalue weighted by molar-refractivity contribution is 5.98. The first-order valence-electron chi connectivity index (χ1n) is 8.67. The third-order valence-corrected chi connectivity index (χ3v) is 4.97. The van der Waals surface area contributed by atoms with Crippen molar-refractivity contribution in [2.45, 2.75) is 70.3 Å². The Labute approximate surface area is 132 Å². The molecule has 2 aliphatic carbocycles. The van der Waals surface area contributed by atoms with Gasteiger partial charge in [0.15, 0.2) is 5.78 Å². The average molecular weight is 299 g/mol. The molecule has 3 rings (SSSR count). The molecular weight excluding hydrogens is 274 g/mol. The molecule has 2 aliphatic rings. The predicted molar refractivity (Wildman–Crippen MR) is 87.0 cm³/mol. The van der Waals surface area contributed by atoms with Crippen LogP contribution in [0.3, 0.4) is 0 Å². The highest BCUT2D eigenvalue weighted by Crippen LogP contribution is 2.23. The van der Waals surface area contributed by atoms with Crippen molar-refractivity contribution in [3.63, 3.8) is 0 Å². The summed E-state index contributed by atoms with van der Waals surface area (Å²) >= 11 is 0. The molecule has 1 saturated carbocycles. The quantitative estimate of drug-likeness (QED) is 0.845. The van der Waals surface area contributed by atoms with Crippen molar-refractivity contribution in [2.24, 2.45) is 0 Å². The van der Waals surface area contributed by atoms with E-state index >= 15 is 0 Å². The normalized spacial score (nSPS) is 18.0. The third kappa shape index (κ3) is 3.76. The van der Waals surface area contributed by atoms with Gasteiger partial charge in [-0.05, 0) is 49.3 Å². The molecule has 1 amide bonds. The molecular formula is C19H25NO2. The first-order valence-corrected chi connectivity index (χ1v) is 8.67. The SMILES string of the molecule is O=C(CCC(=O)c1ccc2c(c1)CCC2)NC1CCCCC1. The van der Waals surface area contributed by atoms with Crippen LogP contribution in [-0.4, -0.2) is 17.7 Å². The summed E-state index contributed by atoms with van der Waals surface area (Å²) in [6.45, 7) is 0. The molecule has 1 fully saturated rings. The fourth-order valence-electron chi connectivity index (χ4n) is 3.66. The van der Waals surface area contributed by atoms with Crippen molar-refractivity contribution >= 4 is 11.7 Å². The summed E-state index contributed by atoms with van der Waals surface area (Å²) in [5.41, 5.74) is 3.47. The molecule has 0 bridgehead atoms. The lowest BCUT2D eigenvalue weighted by Gasteiger charge is -2.22. The number of fused-ring (bicyclic) bond motifs is 1. The highest BCUT2D eigenvalue weighted by Gasteiger charge is 2.17. The van der Waals surface area contributed by atoms with E-state index in [-0.39, 0.29) is 11.7 Å². The zero-order valence-electron chi connectivity index (χ0n) is 13.2. The molecule has 0 aliphatic heterocycles. The maximum Gasteiger partial charge on any atom is 0.220 e. The summed E-state index contributed by atoms with van der Waals surface area (Å²) in [6, 6.07) is 6.36. The summed E-state index contributed by atoms with van der Waals surface area (Å²) in [5, 5.41) is 3.08. The standard InChI is InChI=1S/C19H25NO2/c21-18(16-10-9-14-5-4-6-15(14)13-16)11-12-19(22)20-17-7-2-1-3-8-17/h9-10,13,17H,1-8,11-12H2,(H,20,22). The van der Waals surface area contributed by atoms with Crippen LogP contribution >= 0.6 is 0 Å². The molecule has 1 aromatic rings. The second-order valence-corrected chi connectivity index (χ2v) is 6.66. The Morgan fingerprint density at radius 1 is 0.955 bits per heavy atom. The van der Waals surface area contributed by atoms with Gasteiger partial charge in [0.25, 0.3) is 0 Å². The lowest BCUT2D eigenvalue weighted by molar-refractivity contribution is -0.121. The summed E-state index contributed by atoms with van der Waals surface area (Å²) in [4.78, 5) is 24.2. The third-order valence-electron chi connectivity index (χ3n) is 4.97. The van der Waals surface area contributed by atoms with E-state index in [0.29, 0.717) is 18.9 Å². The van der Waals surface area contributed by atoms with Gasteiger partial charge in [0.2, 0.25) is 5.91 Å². The monoisotopic (exact) mass is 299 g/mol. The van der Waals surface area contributed by atoms with Crippen LogP contribution < -0.4 is 5.32 Å². The average Bonchev–Trinajstić information content (AvgIpc) is 3.01. The van der Waals surface area contributed by atoms with Crippen molar-refractivity contribution in [1.82, 2.24) is 5.32 Å². The number of hydrogen-bond donors (Lipinski definition) is 1. The minimum Gasteiger partial charge on any atom is -0.353 e. The number of ketones is 1. The van der Waals surface area contributed by atoms with Gasteiger partial charge < -0.3 is 5.32 Å². The number of amides is 1. The number of nitrogens with one attached hydrogen (secondary N) is 1. The fraction of sp³-hybridized carbons (Fsp3) is 0.579. The molecule has 0 atom stereocenters. The number of carbonyl (C=O) groups is 2. The Morgan fingerprint density at radius 3 is 2.55 bits per heavy atom. The van der Waals surface area contributed by atoms with Crippen LogP contribution in [-0.2, 0) is 17.6 Å². The Morgan fingerprint density at radius 2 is 1.73 bits per heavy atom. The van der Waals surface area contributed by atoms with Gasteiger partial charge in [-0.2, -0.15) is 0 Å². The Balaban J connectivity index is 1.48. The Hall–Kier alpha value is -1.64. The lowest BCUT2D eigenvalue weighted by Crippen LogP contribution is -2.36. The van der Waals surface area contributed by atoms with Gasteiger partial charge >= 0.3 is 0 Å². The van der Waals surface area contributed by atoms with E-state index in [2.05, 4.69) is 11.4 Å². The summed E-state index contributed by atoms with van der Waals surface area (Å²) < 4.78 is 0. The summed E-state index contributed by atoms with van der Waals surface area (Å²) in [7, 11) is 0. The zero-order valence-corrected chi connectivity index (χ0v) is 13.2. The molecule has 22 heavy (non-hydrogen) atoms. The van der Waals surface area contributed by atoms with Crippen LogP contribution in [0.5, 0.6) is 0 Å². The van der Waals surface area contributed by atoms with Crippen LogP contribution in [0.25, 0.3) is 0 Å². The van der Waals surface area contributed by atoms with Crippen LogP contribution in [0, 0.1) is 0 Å². The van der Waals surface area contributed by atoms with Gasteiger partial charge in [0, 0.05) is 24.4 Å². The van der Waals surface area contributed by atoms with Crippen LogP contribution in [0.4, 0.5) is 0 Å². The summed E-state index contributed by atoms with van der Waals surface area (Å²) in [6.07, 6.45) is 9.91. The molecule has 3 heteroatoms. The molecule has 1 N–H and O–H groups in total. The van der Waals surface area contributed by atoms with E-state index in [1.807, 2.05) is 12.1 Å². The number of rotatable bonds is 5. The largest absolute Gasteiger partial charge is 0.353 e. The van der Waals surface area contributed by atoms with Gasteiger partial charge in [0.1, 0.15) is 0 Å². The number of carbonyl (C=O) groups excluding carboxylic acids is 2. The number of aryl methyl sites for hydroxylation is 2. The van der Waals surface area contributed by atoms with Crippen LogP contribution in [0.2, 0.25) is 0 Å². The second kappa shape index (κ2) is 7.08. The van der Waals surface area contributed by atoms with Crippen LogP contribution in [0.1, 0.15) is 72.9 Å². The van der Waals surface area contributed by atoms with Crippen molar-refractivity contribution < 1.29 is 9.59 Å². The first-order chi connectivity index (χ1) is 10.7. The highest BCUT2D eigenvalue weighted by atomic mass is 16.2. The molecule has 0 aromatic heterocycles. The van der Waals surface area contributed by atoms with Crippen LogP contribution in [0.15, 0.2) is 18.2 Å². The molecule has 0 spiro atoms. The summed E-state index contributed by atoms with van der Waals surface area (Å²) in [5.74, 6) is 0.120. The maximum absolute atomic E-state index is 12.3. The van der Waals surface area contributed by atoms with E-state index in [0.717, 1.165) is 31.2 Å². The first kappa shape index (κ1) is 15.3. The predicted octanol–water partition coefficient (Wildman–Crippen LogP) is 3.59. The van der Waals surface area contributed by atoms with Gasteiger partial charge in [-0.15, -0.1) is 0 Å².